The second-order valence-corrected chi connectivity index (χ2v) is 11.1. The summed E-state index contributed by atoms with van der Waals surface area (Å²) in [6, 6.07) is 10.4. The highest BCUT2D eigenvalue weighted by Gasteiger charge is 2.41. The van der Waals surface area contributed by atoms with Gasteiger partial charge in [-0.1, -0.05) is 31.0 Å². The Hall–Kier alpha value is -3.14. The molecule has 4 rings (SSSR count). The lowest BCUT2D eigenvalue weighted by atomic mass is 9.93. The number of carbonyl (C=O) groups is 2. The Morgan fingerprint density at radius 1 is 1.05 bits per heavy atom. The predicted molar refractivity (Wildman–Crippen MR) is 150 cm³/mol. The van der Waals surface area contributed by atoms with E-state index in [2.05, 4.69) is 5.32 Å². The molecule has 0 bridgehead atoms. The van der Waals surface area contributed by atoms with Crippen molar-refractivity contribution >= 4 is 29.7 Å². The average molecular weight is 577 g/mol. The van der Waals surface area contributed by atoms with Crippen LogP contribution in [-0.4, -0.2) is 54.3 Å². The predicted octanol–water partition coefficient (Wildman–Crippen LogP) is 6.09. The fourth-order valence-corrected chi connectivity index (χ4v) is 6.56. The zero-order valence-corrected chi connectivity index (χ0v) is 23.6. The largest absolute Gasteiger partial charge is 0.490 e. The van der Waals surface area contributed by atoms with Crippen LogP contribution in [0, 0.1) is 0 Å². The van der Waals surface area contributed by atoms with Crippen LogP contribution >= 0.6 is 11.8 Å². The van der Waals surface area contributed by atoms with Crippen LogP contribution in [0.4, 0.5) is 13.2 Å². The molecule has 40 heavy (non-hydrogen) atoms. The van der Waals surface area contributed by atoms with Gasteiger partial charge in [0.2, 0.25) is 5.91 Å². The molecule has 2 aromatic rings. The molecule has 1 aliphatic heterocycles. The minimum atomic E-state index is -4.42. The summed E-state index contributed by atoms with van der Waals surface area (Å²) in [6.07, 6.45) is 1.59. The molecule has 1 saturated heterocycles. The van der Waals surface area contributed by atoms with E-state index >= 15 is 0 Å². The van der Waals surface area contributed by atoms with Crippen molar-refractivity contribution in [3.8, 4) is 11.5 Å². The minimum Gasteiger partial charge on any atom is -0.490 e. The molecule has 216 valence electrons. The minimum absolute atomic E-state index is 0.0402. The molecular weight excluding hydrogens is 541 g/mol. The number of benzene rings is 2. The molecule has 1 N–H and O–H groups in total. The van der Waals surface area contributed by atoms with Gasteiger partial charge in [-0.2, -0.15) is 13.2 Å². The highest BCUT2D eigenvalue weighted by molar-refractivity contribution is 8.04. The molecule has 2 unspecified atom stereocenters. The second kappa shape index (κ2) is 13.5. The van der Waals surface area contributed by atoms with Crippen molar-refractivity contribution in [2.45, 2.75) is 63.4 Å². The van der Waals surface area contributed by atoms with E-state index in [4.69, 9.17) is 9.47 Å². The Balaban J connectivity index is 1.41. The number of carbonyl (C=O) groups excluding carboxylic acids is 2. The summed E-state index contributed by atoms with van der Waals surface area (Å²) in [7, 11) is 0. The van der Waals surface area contributed by atoms with Gasteiger partial charge in [0, 0.05) is 17.8 Å². The van der Waals surface area contributed by atoms with Gasteiger partial charge >= 0.3 is 6.18 Å². The highest BCUT2D eigenvalue weighted by atomic mass is 32.2. The van der Waals surface area contributed by atoms with Crippen LogP contribution in [0.25, 0.3) is 6.08 Å². The van der Waals surface area contributed by atoms with Crippen LogP contribution in [0.1, 0.15) is 56.2 Å². The van der Waals surface area contributed by atoms with E-state index in [-0.39, 0.29) is 29.7 Å². The molecule has 6 nitrogen and oxygen atoms in total. The summed E-state index contributed by atoms with van der Waals surface area (Å²) in [5.74, 6) is 0.853. The average Bonchev–Trinajstić information content (AvgIpc) is 2.92. The van der Waals surface area contributed by atoms with Crippen LogP contribution < -0.4 is 14.8 Å². The highest BCUT2D eigenvalue weighted by Crippen LogP contribution is 2.42. The van der Waals surface area contributed by atoms with Crippen LogP contribution in [0.5, 0.6) is 11.5 Å². The van der Waals surface area contributed by atoms with E-state index in [0.29, 0.717) is 48.1 Å². The lowest BCUT2D eigenvalue weighted by Gasteiger charge is -2.43. The number of hydrogen-bond donors (Lipinski definition) is 1. The van der Waals surface area contributed by atoms with Crippen molar-refractivity contribution in [2.75, 3.05) is 26.3 Å². The first kappa shape index (κ1) is 29.8. The summed E-state index contributed by atoms with van der Waals surface area (Å²) in [6.45, 7) is 5.21. The summed E-state index contributed by atoms with van der Waals surface area (Å²) < 4.78 is 50.1. The number of thioether (sulfide) groups is 1. The van der Waals surface area contributed by atoms with E-state index in [0.717, 1.165) is 43.4 Å². The van der Waals surface area contributed by atoms with Crippen molar-refractivity contribution in [1.82, 2.24) is 10.2 Å². The van der Waals surface area contributed by atoms with E-state index in [1.165, 1.54) is 23.9 Å². The van der Waals surface area contributed by atoms with Crippen molar-refractivity contribution in [3.05, 3.63) is 64.1 Å². The summed E-state index contributed by atoms with van der Waals surface area (Å²) in [5, 5.41) is 3.09. The van der Waals surface area contributed by atoms with E-state index in [1.807, 2.05) is 32.0 Å². The van der Waals surface area contributed by atoms with Gasteiger partial charge in [-0.3, -0.25) is 9.59 Å². The molecule has 2 aromatic carbocycles. The normalized spacial score (nSPS) is 20.3. The maximum Gasteiger partial charge on any atom is 0.416 e. The molecule has 2 amide bonds. The zero-order chi connectivity index (χ0) is 28.7. The number of alkyl halides is 3. The van der Waals surface area contributed by atoms with Gasteiger partial charge in [-0.25, -0.2) is 0 Å². The molecule has 0 spiro atoms. The van der Waals surface area contributed by atoms with Gasteiger partial charge in [0.05, 0.1) is 23.7 Å². The number of fused-ring (bicyclic) bond motifs is 1. The fraction of sp³-hybridized carbons (Fsp3) is 0.467. The third-order valence-corrected chi connectivity index (χ3v) is 8.41. The topological polar surface area (TPSA) is 67.9 Å². The lowest BCUT2D eigenvalue weighted by Crippen LogP contribution is -2.54. The lowest BCUT2D eigenvalue weighted by molar-refractivity contribution is -0.137. The summed E-state index contributed by atoms with van der Waals surface area (Å²) in [5.41, 5.74) is 0.776. The van der Waals surface area contributed by atoms with Crippen molar-refractivity contribution < 1.29 is 32.2 Å². The molecule has 1 saturated carbocycles. The Morgan fingerprint density at radius 2 is 1.75 bits per heavy atom. The van der Waals surface area contributed by atoms with Crippen molar-refractivity contribution in [1.29, 1.82) is 0 Å². The first-order chi connectivity index (χ1) is 19.2. The monoisotopic (exact) mass is 576 g/mol. The Kier molecular flexibility index (Phi) is 10.1. The molecule has 2 fully saturated rings. The second-order valence-electron chi connectivity index (χ2n) is 9.82. The maximum atomic E-state index is 13.5. The van der Waals surface area contributed by atoms with Crippen molar-refractivity contribution in [2.24, 2.45) is 0 Å². The van der Waals surface area contributed by atoms with Crippen LogP contribution in [0.2, 0.25) is 0 Å². The third-order valence-electron chi connectivity index (χ3n) is 7.01. The number of halogens is 3. The number of nitrogens with zero attached hydrogens (tertiary/aromatic N) is 1. The Bertz CT molecular complexity index is 1220. The fourth-order valence-electron chi connectivity index (χ4n) is 5.09. The standard InChI is InChI=1S/C30H35F3N2O4S/c1-3-38-24-14-11-21(17-25(24)39-4-2)15-16-34-28(36)19-35-23-7-5-6-8-26(23)40-27(29(35)37)18-20-9-12-22(13-10-20)30(31,32)33/h9-14,17-18,23,26H,3-8,15-16,19H2,1-2H3,(H,34,36)/b27-18-. The van der Waals surface area contributed by atoms with E-state index in [9.17, 15) is 22.8 Å². The Morgan fingerprint density at radius 3 is 2.45 bits per heavy atom. The molecule has 10 heteroatoms. The van der Waals surface area contributed by atoms with Crippen LogP contribution in [-0.2, 0) is 22.2 Å². The Labute approximate surface area is 237 Å². The zero-order valence-electron chi connectivity index (χ0n) is 22.8. The molecule has 2 aliphatic rings. The number of amides is 2. The van der Waals surface area contributed by atoms with Gasteiger partial charge in [-0.15, -0.1) is 11.8 Å². The van der Waals surface area contributed by atoms with Gasteiger partial charge in [0.1, 0.15) is 6.54 Å². The summed E-state index contributed by atoms with van der Waals surface area (Å²) in [4.78, 5) is 28.5. The smallest absolute Gasteiger partial charge is 0.416 e. The number of rotatable bonds is 10. The first-order valence-electron chi connectivity index (χ1n) is 13.7. The molecule has 0 aromatic heterocycles. The molecule has 1 heterocycles. The van der Waals surface area contributed by atoms with Gasteiger partial charge < -0.3 is 19.7 Å². The van der Waals surface area contributed by atoms with Gasteiger partial charge in [0.25, 0.3) is 5.91 Å². The molecule has 0 radical (unpaired) electrons. The number of hydrogen-bond acceptors (Lipinski definition) is 5. The molecular formula is C30H35F3N2O4S. The van der Waals surface area contributed by atoms with Crippen LogP contribution in [0.15, 0.2) is 47.4 Å². The third kappa shape index (κ3) is 7.53. The SMILES string of the molecule is CCOc1ccc(CCNC(=O)CN2C(=O)/C(=C/c3ccc(C(F)(F)F)cc3)SC3CCCCC32)cc1OCC. The summed E-state index contributed by atoms with van der Waals surface area (Å²) >= 11 is 1.48. The van der Waals surface area contributed by atoms with Gasteiger partial charge in [0.15, 0.2) is 11.5 Å². The number of ether oxygens (including phenoxy) is 2. The van der Waals surface area contributed by atoms with Crippen LogP contribution in [0.3, 0.4) is 0 Å². The van der Waals surface area contributed by atoms with Crippen molar-refractivity contribution in [3.63, 3.8) is 0 Å². The first-order valence-corrected chi connectivity index (χ1v) is 14.6. The quantitative estimate of drug-likeness (QED) is 0.347. The van der Waals surface area contributed by atoms with E-state index < -0.39 is 11.7 Å². The molecule has 1 aliphatic carbocycles. The van der Waals surface area contributed by atoms with Gasteiger partial charge in [-0.05, 0) is 74.6 Å². The molecule has 2 atom stereocenters. The number of nitrogens with one attached hydrogen (secondary N) is 1. The van der Waals surface area contributed by atoms with E-state index in [1.54, 1.807) is 11.0 Å². The maximum absolute atomic E-state index is 13.5.